The number of rotatable bonds is 18. The number of aldehydes is 1. The fourth-order valence-corrected chi connectivity index (χ4v) is 5.89. The number of benzene rings is 3. The van der Waals surface area contributed by atoms with Gasteiger partial charge in [-0.05, 0) is 96.3 Å². The Morgan fingerprint density at radius 3 is 2.33 bits per heavy atom. The Kier molecular flexibility index (Phi) is 16.4. The third-order valence-electron chi connectivity index (χ3n) is 8.44. The van der Waals surface area contributed by atoms with Crippen LogP contribution >= 0.6 is 0 Å². The first kappa shape index (κ1) is 46.4. The summed E-state index contributed by atoms with van der Waals surface area (Å²) in [6.45, 7) is 10.4. The Balaban J connectivity index is 0.00000403. The molecule has 5 rings (SSSR count). The second-order valence-corrected chi connectivity index (χ2v) is 14.1. The molecular formula is C43H54N10O8. The highest BCUT2D eigenvalue weighted by molar-refractivity contribution is 6.03. The van der Waals surface area contributed by atoms with E-state index >= 15 is 0 Å². The summed E-state index contributed by atoms with van der Waals surface area (Å²) in [5, 5.41) is 13.2. The number of primary amides is 1. The Hall–Kier alpha value is -7.34. The Morgan fingerprint density at radius 2 is 1.66 bits per heavy atom. The van der Waals surface area contributed by atoms with Gasteiger partial charge in [-0.15, -0.1) is 0 Å². The molecule has 18 nitrogen and oxygen atoms in total. The number of allylic oxidation sites excluding steroid dienone is 1. The number of amides is 3. The van der Waals surface area contributed by atoms with Crippen LogP contribution < -0.4 is 47.4 Å². The molecule has 0 bridgehead atoms. The molecule has 2 heterocycles. The topological polar surface area (TPSA) is 255 Å². The molecule has 0 unspecified atom stereocenters. The molecule has 61 heavy (non-hydrogen) atoms. The number of anilines is 4. The number of ether oxygens (including phenoxy) is 4. The maximum Gasteiger partial charge on any atom is 0.412 e. The summed E-state index contributed by atoms with van der Waals surface area (Å²) in [7, 11) is 2.99. The fourth-order valence-electron chi connectivity index (χ4n) is 5.89. The van der Waals surface area contributed by atoms with Crippen molar-refractivity contribution in [2.24, 2.45) is 11.5 Å². The zero-order chi connectivity index (χ0) is 44.7. The number of nitrogen functional groups attached to an aromatic ring is 1. The zero-order valence-corrected chi connectivity index (χ0v) is 35.4. The van der Waals surface area contributed by atoms with Crippen LogP contribution in [0.25, 0.3) is 11.0 Å². The van der Waals surface area contributed by atoms with Crippen LogP contribution in [0, 0.1) is 6.92 Å². The van der Waals surface area contributed by atoms with E-state index in [9.17, 15) is 19.2 Å². The first-order valence-corrected chi connectivity index (χ1v) is 19.3. The van der Waals surface area contributed by atoms with E-state index in [1.165, 1.54) is 26.3 Å². The molecule has 324 valence electrons. The quantitative estimate of drug-likeness (QED) is 0.0341. The summed E-state index contributed by atoms with van der Waals surface area (Å²) in [6, 6.07) is 14.8. The third-order valence-corrected chi connectivity index (χ3v) is 8.44. The first-order chi connectivity index (χ1) is 29.2. The zero-order valence-electron chi connectivity index (χ0n) is 35.4. The number of carbonyl (C=O) groups is 4. The van der Waals surface area contributed by atoms with Gasteiger partial charge in [-0.25, -0.2) is 9.78 Å². The van der Waals surface area contributed by atoms with Crippen molar-refractivity contribution in [1.82, 2.24) is 19.3 Å². The van der Waals surface area contributed by atoms with Crippen LogP contribution in [0.2, 0.25) is 0 Å². The van der Waals surface area contributed by atoms with E-state index in [1.54, 1.807) is 84.6 Å². The van der Waals surface area contributed by atoms with E-state index in [4.69, 9.17) is 30.4 Å². The molecule has 3 amide bonds. The van der Waals surface area contributed by atoms with Gasteiger partial charge in [0.1, 0.15) is 59.2 Å². The molecule has 0 spiro atoms. The van der Waals surface area contributed by atoms with Gasteiger partial charge >= 0.3 is 6.09 Å². The van der Waals surface area contributed by atoms with Gasteiger partial charge in [0.25, 0.3) is 5.91 Å². The number of hydrogen-bond donors (Lipinski definition) is 6. The molecule has 9 N–H and O–H groups in total. The normalized spacial score (nSPS) is 11.2. The second-order valence-electron chi connectivity index (χ2n) is 14.1. The third kappa shape index (κ3) is 12.8. The van der Waals surface area contributed by atoms with Gasteiger partial charge in [-0.1, -0.05) is 18.2 Å². The second kappa shape index (κ2) is 21.6. The maximum absolute atomic E-state index is 13.4. The molecule has 0 saturated carbocycles. The number of nitrogens with zero attached hydrogens (tertiary/aromatic N) is 4. The van der Waals surface area contributed by atoms with Crippen LogP contribution in [0.15, 0.2) is 78.9 Å². The van der Waals surface area contributed by atoms with Crippen molar-refractivity contribution in [3.63, 3.8) is 0 Å². The van der Waals surface area contributed by atoms with Gasteiger partial charge in [-0.3, -0.25) is 29.7 Å². The average Bonchev–Trinajstić information content (AvgIpc) is 3.78. The highest BCUT2D eigenvalue weighted by Crippen LogP contribution is 2.33. The molecule has 0 atom stereocenters. The molecule has 0 fully saturated rings. The van der Waals surface area contributed by atoms with Gasteiger partial charge < -0.3 is 46.0 Å². The first-order valence-electron chi connectivity index (χ1n) is 19.3. The summed E-state index contributed by atoms with van der Waals surface area (Å²) in [6.07, 6.45) is 7.35. The Bertz CT molecular complexity index is 2390. The summed E-state index contributed by atoms with van der Waals surface area (Å²) < 4.78 is 26.1. The summed E-state index contributed by atoms with van der Waals surface area (Å²) in [5.41, 5.74) is 19.7. The van der Waals surface area contributed by atoms with E-state index in [1.807, 2.05) is 26.0 Å². The number of aromatic nitrogens is 4. The predicted molar refractivity (Wildman–Crippen MR) is 236 cm³/mol. The van der Waals surface area contributed by atoms with Crippen LogP contribution in [-0.4, -0.2) is 83.0 Å². The molecule has 18 heteroatoms. The van der Waals surface area contributed by atoms with Crippen molar-refractivity contribution < 1.29 is 38.1 Å². The molecule has 0 saturated heterocycles. The van der Waals surface area contributed by atoms with Crippen molar-refractivity contribution in [2.45, 2.75) is 53.3 Å². The van der Waals surface area contributed by atoms with Crippen molar-refractivity contribution in [2.75, 3.05) is 55.6 Å². The number of nitrogens with one attached hydrogen (secondary N) is 3. The fraction of sp³-hybridized carbons (Fsp3) is 0.302. The Labute approximate surface area is 354 Å². The summed E-state index contributed by atoms with van der Waals surface area (Å²) in [4.78, 5) is 53.9. The lowest BCUT2D eigenvalue weighted by atomic mass is 10.1. The van der Waals surface area contributed by atoms with E-state index < -0.39 is 23.5 Å². The van der Waals surface area contributed by atoms with Crippen LogP contribution in [-0.2, 0) is 17.8 Å². The molecule has 0 aliphatic heterocycles. The number of imidazole rings is 1. The highest BCUT2D eigenvalue weighted by Gasteiger charge is 2.21. The molecule has 2 aromatic heterocycles. The van der Waals surface area contributed by atoms with Gasteiger partial charge in [-0.2, -0.15) is 5.10 Å². The standard InChI is InChI=1S/C42H49N9O8.CH5N/c1-7-51-33(19-26(2)49-51)39(54)48-40-47-32-20-27(25-52)21-35(56-6)37(32)50(40)16-9-8-15-45-36-31(43)22-28(38(44)53)23-34(36)58-18-11-10-17-57-30-14-12-13-29(24-30)46-41(55)59-42(3,4)5;1-2/h8-14,19-25,45H,7,15-18,43H2,1-6H3,(H2,44,53)(H,46,55)(H,47,48,54);2H2,1H3/b9-8+,11-10+;. The van der Waals surface area contributed by atoms with Crippen LogP contribution in [0.4, 0.5) is 27.8 Å². The van der Waals surface area contributed by atoms with Crippen molar-refractivity contribution >= 4 is 58.2 Å². The number of hydrogen-bond acceptors (Lipinski definition) is 13. The lowest BCUT2D eigenvalue weighted by Crippen LogP contribution is -2.27. The van der Waals surface area contributed by atoms with Gasteiger partial charge in [0, 0.05) is 42.5 Å². The molecular weight excluding hydrogens is 785 g/mol. The number of nitrogens with two attached hydrogens (primary N) is 3. The summed E-state index contributed by atoms with van der Waals surface area (Å²) in [5.74, 6) is 0.435. The minimum Gasteiger partial charge on any atom is -0.494 e. The minimum atomic E-state index is -0.666. The molecule has 0 aliphatic rings. The molecule has 0 aliphatic carbocycles. The van der Waals surface area contributed by atoms with Gasteiger partial charge in [0.15, 0.2) is 0 Å². The van der Waals surface area contributed by atoms with Gasteiger partial charge in [0.2, 0.25) is 11.9 Å². The number of aryl methyl sites for hydroxylation is 2. The van der Waals surface area contributed by atoms with Crippen molar-refractivity contribution in [1.29, 1.82) is 0 Å². The van der Waals surface area contributed by atoms with Crippen LogP contribution in [0.5, 0.6) is 17.2 Å². The SMILES string of the molecule is CCn1nc(C)cc1C(=O)Nc1nc2cc(C=O)cc(OC)c2n1C/C=C/CNc1c(N)cc(C(N)=O)cc1OC/C=C/COc1cccc(NC(=O)OC(C)(C)C)c1.CN. The minimum absolute atomic E-state index is 0.115. The van der Waals surface area contributed by atoms with Gasteiger partial charge in [0.05, 0.1) is 24.0 Å². The molecule has 5 aromatic rings. The summed E-state index contributed by atoms with van der Waals surface area (Å²) >= 11 is 0. The lowest BCUT2D eigenvalue weighted by Gasteiger charge is -2.19. The maximum atomic E-state index is 13.4. The average molecular weight is 839 g/mol. The van der Waals surface area contributed by atoms with E-state index in [-0.39, 0.29) is 43.5 Å². The lowest BCUT2D eigenvalue weighted by molar-refractivity contribution is 0.0635. The van der Waals surface area contributed by atoms with E-state index in [2.05, 4.69) is 31.8 Å². The van der Waals surface area contributed by atoms with Crippen molar-refractivity contribution in [3.8, 4) is 17.2 Å². The highest BCUT2D eigenvalue weighted by atomic mass is 16.6. The predicted octanol–water partition coefficient (Wildman–Crippen LogP) is 5.92. The monoisotopic (exact) mass is 838 g/mol. The van der Waals surface area contributed by atoms with E-state index in [0.717, 1.165) is 0 Å². The van der Waals surface area contributed by atoms with E-state index in [0.29, 0.717) is 69.4 Å². The van der Waals surface area contributed by atoms with Crippen molar-refractivity contribution in [3.05, 3.63) is 101 Å². The molecule has 0 radical (unpaired) electrons. The number of methoxy groups -OCH3 is 1. The Morgan fingerprint density at radius 1 is 0.918 bits per heavy atom. The van der Waals surface area contributed by atoms with Crippen LogP contribution in [0.1, 0.15) is 64.6 Å². The largest absolute Gasteiger partial charge is 0.494 e. The number of fused-ring (bicyclic) bond motifs is 1. The van der Waals surface area contributed by atoms with Crippen LogP contribution in [0.3, 0.4) is 0 Å². The molecule has 3 aromatic carbocycles. The smallest absolute Gasteiger partial charge is 0.412 e. The number of carbonyl (C=O) groups excluding carboxylic acids is 4.